The van der Waals surface area contributed by atoms with Crippen molar-refractivity contribution in [2.75, 3.05) is 33.2 Å². The van der Waals surface area contributed by atoms with Crippen molar-refractivity contribution in [1.29, 1.82) is 0 Å². The van der Waals surface area contributed by atoms with E-state index in [1.165, 1.54) is 0 Å². The fourth-order valence-corrected chi connectivity index (χ4v) is 2.28. The van der Waals surface area contributed by atoms with Crippen LogP contribution in [0.4, 0.5) is 0 Å². The maximum absolute atomic E-state index is 9.79. The van der Waals surface area contributed by atoms with Gasteiger partial charge in [0.1, 0.15) is 0 Å². The molecule has 0 bridgehead atoms. The summed E-state index contributed by atoms with van der Waals surface area (Å²) >= 11 is 0. The second-order valence-corrected chi connectivity index (χ2v) is 4.24. The first-order valence-electron chi connectivity index (χ1n) is 5.41. The number of likely N-dealkylation sites (N-methyl/N-ethyl adjacent to an activating group) is 1. The van der Waals surface area contributed by atoms with Gasteiger partial charge in [0.2, 0.25) is 0 Å². The number of nitrogens with zero attached hydrogens (tertiary/aromatic N) is 3. The second kappa shape index (κ2) is 5.34. The maximum Gasteiger partial charge on any atom is 0.196 e. The van der Waals surface area contributed by atoms with E-state index in [-0.39, 0.29) is 30.1 Å². The molecule has 0 aliphatic carbocycles. The Bertz CT molecular complexity index is 247. The van der Waals surface area contributed by atoms with E-state index in [1.54, 1.807) is 0 Å². The highest BCUT2D eigenvalue weighted by Crippen LogP contribution is 2.21. The molecule has 0 aromatic rings. The van der Waals surface area contributed by atoms with Crippen molar-refractivity contribution in [3.05, 3.63) is 0 Å². The monoisotopic (exact) mass is 325 g/mol. The lowest BCUT2D eigenvalue weighted by atomic mass is 10.0. The van der Waals surface area contributed by atoms with Crippen LogP contribution in [0.5, 0.6) is 0 Å². The predicted molar refractivity (Wildman–Crippen MR) is 71.7 cm³/mol. The molecule has 0 aromatic carbocycles. The average Bonchev–Trinajstić information content (AvgIpc) is 2.71. The lowest BCUT2D eigenvalue weighted by Gasteiger charge is -2.24. The largest absolute Gasteiger partial charge is 0.391 e. The van der Waals surface area contributed by atoms with Gasteiger partial charge in [-0.25, -0.2) is 0 Å². The molecule has 2 aliphatic heterocycles. The molecule has 0 aromatic heterocycles. The number of aliphatic hydroxyl groups excluding tert-OH is 1. The van der Waals surface area contributed by atoms with Gasteiger partial charge in [0.25, 0.3) is 0 Å². The second-order valence-electron chi connectivity index (χ2n) is 4.24. The molecule has 4 nitrogen and oxygen atoms in total. The van der Waals surface area contributed by atoms with Crippen molar-refractivity contribution >= 4 is 29.9 Å². The van der Waals surface area contributed by atoms with Gasteiger partial charge in [0, 0.05) is 32.6 Å². The van der Waals surface area contributed by atoms with Gasteiger partial charge in [-0.1, -0.05) is 6.92 Å². The molecule has 0 radical (unpaired) electrons. The molecule has 1 N–H and O–H groups in total. The summed E-state index contributed by atoms with van der Waals surface area (Å²) in [7, 11) is 2.07. The van der Waals surface area contributed by atoms with E-state index in [0.29, 0.717) is 5.92 Å². The summed E-state index contributed by atoms with van der Waals surface area (Å²) in [6.07, 6.45) is 0.881. The number of rotatable bonds is 1. The molecule has 1 fully saturated rings. The van der Waals surface area contributed by atoms with Gasteiger partial charge in [0.15, 0.2) is 5.96 Å². The number of aliphatic hydroxyl groups is 1. The van der Waals surface area contributed by atoms with E-state index in [1.807, 2.05) is 0 Å². The average molecular weight is 325 g/mol. The molecular formula is C10H20IN3O. The highest BCUT2D eigenvalue weighted by atomic mass is 127. The van der Waals surface area contributed by atoms with Crippen molar-refractivity contribution in [2.45, 2.75) is 19.4 Å². The SMILES string of the molecule is CCC1CN(C2=NCCN2C)CC1O.I. The van der Waals surface area contributed by atoms with Crippen LogP contribution in [0, 0.1) is 5.92 Å². The Morgan fingerprint density at radius 1 is 1.47 bits per heavy atom. The third-order valence-corrected chi connectivity index (χ3v) is 3.24. The first-order chi connectivity index (χ1) is 6.72. The Balaban J connectivity index is 0.00000112. The standard InChI is InChI=1S/C10H19N3O.HI/c1-3-8-6-13(7-9(8)14)10-11-4-5-12(10)2;/h8-9,14H,3-7H2,1-2H3;1H. The molecule has 0 spiro atoms. The third-order valence-electron chi connectivity index (χ3n) is 3.24. The Morgan fingerprint density at radius 3 is 2.67 bits per heavy atom. The zero-order chi connectivity index (χ0) is 10.1. The summed E-state index contributed by atoms with van der Waals surface area (Å²) in [5.74, 6) is 1.49. The Kier molecular flexibility index (Phi) is 4.64. The van der Waals surface area contributed by atoms with Crippen LogP contribution >= 0.6 is 24.0 Å². The minimum absolute atomic E-state index is 0. The van der Waals surface area contributed by atoms with Gasteiger partial charge in [-0.05, 0) is 6.42 Å². The van der Waals surface area contributed by atoms with Crippen LogP contribution in [-0.2, 0) is 0 Å². The van der Waals surface area contributed by atoms with Crippen LogP contribution < -0.4 is 0 Å². The normalized spacial score (nSPS) is 30.5. The van der Waals surface area contributed by atoms with Crippen molar-refractivity contribution in [3.8, 4) is 0 Å². The van der Waals surface area contributed by atoms with Gasteiger partial charge >= 0.3 is 0 Å². The number of hydrogen-bond acceptors (Lipinski definition) is 4. The van der Waals surface area contributed by atoms with Crippen LogP contribution in [0.1, 0.15) is 13.3 Å². The van der Waals surface area contributed by atoms with Crippen LogP contribution in [0.15, 0.2) is 4.99 Å². The van der Waals surface area contributed by atoms with Crippen LogP contribution in [0.3, 0.4) is 0 Å². The number of aliphatic imine (C=N–C) groups is 1. The molecule has 1 saturated heterocycles. The number of likely N-dealkylation sites (tertiary alicyclic amines) is 1. The zero-order valence-electron chi connectivity index (χ0n) is 9.39. The molecule has 2 atom stereocenters. The van der Waals surface area contributed by atoms with E-state index < -0.39 is 0 Å². The van der Waals surface area contributed by atoms with Crippen LogP contribution in [0.25, 0.3) is 0 Å². The lowest BCUT2D eigenvalue weighted by Crippen LogP contribution is -2.38. The molecule has 2 heterocycles. The number of β-amino-alcohol motifs (C(OH)–C–C–N with tert-alkyl or cyclic N) is 1. The number of hydrogen-bond donors (Lipinski definition) is 1. The summed E-state index contributed by atoms with van der Waals surface area (Å²) in [6.45, 7) is 5.76. The van der Waals surface area contributed by atoms with Crippen molar-refractivity contribution in [2.24, 2.45) is 10.9 Å². The van der Waals surface area contributed by atoms with Gasteiger partial charge in [-0.15, -0.1) is 24.0 Å². The third kappa shape index (κ3) is 2.55. The Morgan fingerprint density at radius 2 is 2.20 bits per heavy atom. The smallest absolute Gasteiger partial charge is 0.196 e. The lowest BCUT2D eigenvalue weighted by molar-refractivity contribution is 0.143. The topological polar surface area (TPSA) is 39.1 Å². The van der Waals surface area contributed by atoms with Gasteiger partial charge < -0.3 is 14.9 Å². The minimum Gasteiger partial charge on any atom is -0.391 e. The van der Waals surface area contributed by atoms with E-state index in [4.69, 9.17) is 0 Å². The van der Waals surface area contributed by atoms with E-state index in [9.17, 15) is 5.11 Å². The molecule has 0 saturated carbocycles. The summed E-state index contributed by atoms with van der Waals surface area (Å²) < 4.78 is 0. The minimum atomic E-state index is -0.170. The molecule has 15 heavy (non-hydrogen) atoms. The number of halogens is 1. The molecule has 0 amide bonds. The number of guanidine groups is 1. The fourth-order valence-electron chi connectivity index (χ4n) is 2.28. The highest BCUT2D eigenvalue weighted by Gasteiger charge is 2.33. The van der Waals surface area contributed by atoms with Gasteiger partial charge in [0.05, 0.1) is 12.6 Å². The first kappa shape index (κ1) is 13.0. The van der Waals surface area contributed by atoms with Gasteiger partial charge in [-0.2, -0.15) is 0 Å². The van der Waals surface area contributed by atoms with E-state index in [0.717, 1.165) is 38.6 Å². The molecule has 5 heteroatoms. The van der Waals surface area contributed by atoms with Crippen molar-refractivity contribution < 1.29 is 5.11 Å². The Hall–Kier alpha value is -0.0400. The van der Waals surface area contributed by atoms with E-state index >= 15 is 0 Å². The fraction of sp³-hybridized carbons (Fsp3) is 0.900. The highest BCUT2D eigenvalue weighted by molar-refractivity contribution is 14.0. The maximum atomic E-state index is 9.79. The van der Waals surface area contributed by atoms with Crippen molar-refractivity contribution in [3.63, 3.8) is 0 Å². The molecular weight excluding hydrogens is 305 g/mol. The molecule has 88 valence electrons. The summed E-state index contributed by atoms with van der Waals surface area (Å²) in [5.41, 5.74) is 0. The first-order valence-corrected chi connectivity index (χ1v) is 5.41. The summed E-state index contributed by atoms with van der Waals surface area (Å²) in [5, 5.41) is 9.79. The predicted octanol–water partition coefficient (Wildman–Crippen LogP) is 0.608. The zero-order valence-corrected chi connectivity index (χ0v) is 11.7. The van der Waals surface area contributed by atoms with Gasteiger partial charge in [-0.3, -0.25) is 4.99 Å². The van der Waals surface area contributed by atoms with Crippen LogP contribution in [0.2, 0.25) is 0 Å². The summed E-state index contributed by atoms with van der Waals surface area (Å²) in [6, 6.07) is 0. The summed E-state index contributed by atoms with van der Waals surface area (Å²) in [4.78, 5) is 8.84. The van der Waals surface area contributed by atoms with Crippen molar-refractivity contribution in [1.82, 2.24) is 9.80 Å². The molecule has 2 aliphatic rings. The van der Waals surface area contributed by atoms with Crippen LogP contribution in [-0.4, -0.2) is 60.2 Å². The Labute approximate surface area is 108 Å². The molecule has 2 unspecified atom stereocenters. The van der Waals surface area contributed by atoms with E-state index in [2.05, 4.69) is 28.8 Å². The molecule has 2 rings (SSSR count). The quantitative estimate of drug-likeness (QED) is 0.718.